The quantitative estimate of drug-likeness (QED) is 0.383. The Bertz CT molecular complexity index is 1560. The van der Waals surface area contributed by atoms with E-state index in [0.717, 1.165) is 49.4 Å². The third-order valence-electron chi connectivity index (χ3n) is 10.1. The average molecular weight is 641 g/mol. The first-order chi connectivity index (χ1) is 21.0. The molecule has 1 amide bonds. The van der Waals surface area contributed by atoms with E-state index in [0.29, 0.717) is 50.2 Å². The van der Waals surface area contributed by atoms with Crippen LogP contribution in [0.4, 0.5) is 5.69 Å². The molecule has 10 heteroatoms. The minimum atomic E-state index is -3.84. The summed E-state index contributed by atoms with van der Waals surface area (Å²) in [7, 11) is -3.84. The van der Waals surface area contributed by atoms with E-state index in [1.807, 2.05) is 6.07 Å². The van der Waals surface area contributed by atoms with Crippen LogP contribution in [0.1, 0.15) is 60.0 Å². The number of carbonyl (C=O) groups is 1. The van der Waals surface area contributed by atoms with Crippen molar-refractivity contribution < 1.29 is 27.8 Å². The number of sulfonamides is 1. The highest BCUT2D eigenvalue weighted by molar-refractivity contribution is 7.90. The highest BCUT2D eigenvalue weighted by Crippen LogP contribution is 2.48. The fourth-order valence-corrected chi connectivity index (χ4v) is 8.59. The number of aliphatic hydroxyl groups is 1. The van der Waals surface area contributed by atoms with Gasteiger partial charge in [-0.15, -0.1) is 13.2 Å². The van der Waals surface area contributed by atoms with Crippen molar-refractivity contribution in [2.45, 2.75) is 62.1 Å². The number of benzene rings is 2. The van der Waals surface area contributed by atoms with Gasteiger partial charge in [0.1, 0.15) is 5.75 Å². The fourth-order valence-electron chi connectivity index (χ4n) is 7.60. The summed E-state index contributed by atoms with van der Waals surface area (Å²) < 4.78 is 39.6. The molecule has 0 unspecified atom stereocenters. The zero-order valence-electron chi connectivity index (χ0n) is 25.0. The predicted octanol–water partition coefficient (Wildman–Crippen LogP) is 5.18. The van der Waals surface area contributed by atoms with Crippen LogP contribution in [0.15, 0.2) is 61.7 Å². The monoisotopic (exact) mass is 640 g/mol. The minimum Gasteiger partial charge on any atom is -0.490 e. The van der Waals surface area contributed by atoms with E-state index in [-0.39, 0.29) is 22.8 Å². The van der Waals surface area contributed by atoms with Crippen LogP contribution in [0, 0.1) is 11.8 Å². The van der Waals surface area contributed by atoms with Gasteiger partial charge in [-0.2, -0.15) is 0 Å². The lowest BCUT2D eigenvalue weighted by Crippen LogP contribution is -2.52. The SMILES string of the molecule is C=CCS(=O)(=O)NC(=O)c1ccc2c(c1)N(C[C@@H]1CC[C@H]1[C@@H]1C[C@](O)(C=C)CCO1)C[C@@]1(CCCc3cc(Cl)ccc31)CO2. The number of ether oxygens (including phenoxy) is 2. The second-order valence-electron chi connectivity index (χ2n) is 13.0. The zero-order valence-corrected chi connectivity index (χ0v) is 26.5. The number of fused-ring (bicyclic) bond motifs is 3. The Balaban J connectivity index is 1.34. The summed E-state index contributed by atoms with van der Waals surface area (Å²) in [5.74, 6) is 0.233. The van der Waals surface area contributed by atoms with Gasteiger partial charge in [0.05, 0.1) is 36.4 Å². The molecule has 2 aliphatic carbocycles. The van der Waals surface area contributed by atoms with E-state index in [1.165, 1.54) is 17.2 Å². The van der Waals surface area contributed by atoms with Crippen molar-refractivity contribution >= 4 is 33.2 Å². The van der Waals surface area contributed by atoms with Crippen LogP contribution < -0.4 is 14.4 Å². The highest BCUT2D eigenvalue weighted by atomic mass is 35.5. The lowest BCUT2D eigenvalue weighted by Gasteiger charge is -2.48. The summed E-state index contributed by atoms with van der Waals surface area (Å²) in [6.07, 6.45) is 8.92. The van der Waals surface area contributed by atoms with Crippen LogP contribution in [-0.4, -0.2) is 63.2 Å². The maximum atomic E-state index is 13.1. The smallest absolute Gasteiger partial charge is 0.264 e. The lowest BCUT2D eigenvalue weighted by atomic mass is 9.67. The van der Waals surface area contributed by atoms with Crippen molar-refractivity contribution in [3.8, 4) is 5.75 Å². The Morgan fingerprint density at radius 3 is 2.77 bits per heavy atom. The standard InChI is InChI=1S/C34H41ClN2O6S/c1-3-16-44(40,41)36-32(38)24-8-12-30-29(18-24)37(20-25-7-10-27(25)31-19-34(39,4-2)14-15-42-31)21-33(22-43-30)13-5-6-23-17-26(35)9-11-28(23)33/h3-4,8-9,11-12,17-18,25,27,31,39H,1-2,5-7,10,13-16,19-22H2,(H,36,38)/t25-,27+,31-,33-,34-/m0/s1. The Morgan fingerprint density at radius 1 is 1.18 bits per heavy atom. The van der Waals surface area contributed by atoms with Crippen LogP contribution in [0.3, 0.4) is 0 Å². The number of aryl methyl sites for hydroxylation is 1. The third kappa shape index (κ3) is 6.16. The first kappa shape index (κ1) is 31.1. The summed E-state index contributed by atoms with van der Waals surface area (Å²) >= 11 is 6.40. The second kappa shape index (κ2) is 12.2. The topological polar surface area (TPSA) is 105 Å². The number of halogens is 1. The van der Waals surface area contributed by atoms with Gasteiger partial charge in [0, 0.05) is 41.9 Å². The summed E-state index contributed by atoms with van der Waals surface area (Å²) in [6, 6.07) is 11.3. The zero-order chi connectivity index (χ0) is 31.1. The molecule has 1 saturated carbocycles. The molecule has 2 aromatic carbocycles. The van der Waals surface area contributed by atoms with Gasteiger partial charge in [0.15, 0.2) is 0 Å². The summed E-state index contributed by atoms with van der Waals surface area (Å²) in [5, 5.41) is 11.7. The molecule has 0 radical (unpaired) electrons. The van der Waals surface area contributed by atoms with E-state index in [9.17, 15) is 18.3 Å². The van der Waals surface area contributed by atoms with E-state index >= 15 is 0 Å². The Kier molecular flexibility index (Phi) is 8.60. The van der Waals surface area contributed by atoms with E-state index < -0.39 is 21.5 Å². The summed E-state index contributed by atoms with van der Waals surface area (Å²) in [6.45, 7) is 9.72. The fraction of sp³-hybridized carbons (Fsp3) is 0.500. The molecule has 8 nitrogen and oxygen atoms in total. The molecular formula is C34H41ClN2O6S. The van der Waals surface area contributed by atoms with E-state index in [1.54, 1.807) is 24.3 Å². The Hall–Kier alpha value is -2.85. The van der Waals surface area contributed by atoms with Crippen molar-refractivity contribution in [3.63, 3.8) is 0 Å². The number of nitrogens with one attached hydrogen (secondary N) is 1. The first-order valence-corrected chi connectivity index (χ1v) is 17.5. The molecule has 2 N–H and O–H groups in total. The average Bonchev–Trinajstić information content (AvgIpc) is 3.12. The van der Waals surface area contributed by atoms with Crippen LogP contribution in [0.25, 0.3) is 0 Å². The minimum absolute atomic E-state index is 0.0492. The number of carbonyl (C=O) groups excluding carboxylic acids is 1. The molecule has 2 fully saturated rings. The Morgan fingerprint density at radius 2 is 2.02 bits per heavy atom. The van der Waals surface area contributed by atoms with Gasteiger partial charge in [-0.1, -0.05) is 29.8 Å². The maximum Gasteiger partial charge on any atom is 0.264 e. The number of hydrogen-bond acceptors (Lipinski definition) is 7. The van der Waals surface area contributed by atoms with Gasteiger partial charge in [0.2, 0.25) is 10.0 Å². The van der Waals surface area contributed by atoms with E-state index in [4.69, 9.17) is 21.1 Å². The molecule has 6 rings (SSSR count). The number of anilines is 1. The molecule has 5 atom stereocenters. The van der Waals surface area contributed by atoms with Crippen molar-refractivity contribution in [3.05, 3.63) is 83.4 Å². The molecule has 44 heavy (non-hydrogen) atoms. The van der Waals surface area contributed by atoms with Gasteiger partial charge >= 0.3 is 0 Å². The number of hydrogen-bond donors (Lipinski definition) is 2. The molecule has 0 bridgehead atoms. The Labute approximate surface area is 265 Å². The van der Waals surface area contributed by atoms with E-state index in [2.05, 4.69) is 34.9 Å². The van der Waals surface area contributed by atoms with Gasteiger partial charge in [-0.25, -0.2) is 13.1 Å². The highest BCUT2D eigenvalue weighted by Gasteiger charge is 2.46. The molecule has 2 aliphatic heterocycles. The molecule has 0 aromatic heterocycles. The molecule has 1 saturated heterocycles. The van der Waals surface area contributed by atoms with Crippen molar-refractivity contribution in [1.29, 1.82) is 0 Å². The van der Waals surface area contributed by atoms with Gasteiger partial charge in [0.25, 0.3) is 5.91 Å². The molecule has 1 spiro atoms. The van der Waals surface area contributed by atoms with Crippen LogP contribution in [0.2, 0.25) is 5.02 Å². The molecule has 236 valence electrons. The number of nitrogens with zero attached hydrogens (tertiary/aromatic N) is 1. The third-order valence-corrected chi connectivity index (χ3v) is 11.5. The van der Waals surface area contributed by atoms with Crippen molar-refractivity contribution in [2.24, 2.45) is 11.8 Å². The van der Waals surface area contributed by atoms with Crippen molar-refractivity contribution in [2.75, 3.05) is 37.0 Å². The molecule has 4 aliphatic rings. The normalized spacial score (nSPS) is 29.8. The van der Waals surface area contributed by atoms with Crippen LogP contribution in [-0.2, 0) is 26.6 Å². The molecule has 2 aromatic rings. The molecular weight excluding hydrogens is 600 g/mol. The van der Waals surface area contributed by atoms with Crippen molar-refractivity contribution in [1.82, 2.24) is 4.72 Å². The second-order valence-corrected chi connectivity index (χ2v) is 15.2. The lowest BCUT2D eigenvalue weighted by molar-refractivity contribution is -0.125. The van der Waals surface area contributed by atoms with Crippen LogP contribution >= 0.6 is 11.6 Å². The van der Waals surface area contributed by atoms with Gasteiger partial charge in [-0.3, -0.25) is 4.79 Å². The first-order valence-electron chi connectivity index (χ1n) is 15.5. The predicted molar refractivity (Wildman–Crippen MR) is 172 cm³/mol. The largest absolute Gasteiger partial charge is 0.490 e. The van der Waals surface area contributed by atoms with Crippen LogP contribution in [0.5, 0.6) is 5.75 Å². The van der Waals surface area contributed by atoms with Gasteiger partial charge < -0.3 is 19.5 Å². The summed E-state index contributed by atoms with van der Waals surface area (Å²) in [4.78, 5) is 15.4. The molecule has 2 heterocycles. The number of amides is 1. The number of rotatable bonds is 8. The summed E-state index contributed by atoms with van der Waals surface area (Å²) in [5.41, 5.74) is 2.32. The maximum absolute atomic E-state index is 13.1. The van der Waals surface area contributed by atoms with Gasteiger partial charge in [-0.05, 0) is 85.4 Å².